The highest BCUT2D eigenvalue weighted by atomic mass is 35.5. The van der Waals surface area contributed by atoms with Crippen molar-refractivity contribution in [2.75, 3.05) is 0 Å². The molecule has 0 saturated carbocycles. The van der Waals surface area contributed by atoms with E-state index in [2.05, 4.69) is 0 Å². The van der Waals surface area contributed by atoms with Crippen LogP contribution < -0.4 is 0 Å². The normalized spacial score (nSPS) is 10.4. The number of carbonyl (C=O) groups is 1. The second-order valence-corrected chi connectivity index (χ2v) is 4.68. The van der Waals surface area contributed by atoms with Crippen molar-refractivity contribution in [1.29, 1.82) is 0 Å². The minimum absolute atomic E-state index is 0.0208. The predicted octanol–water partition coefficient (Wildman–Crippen LogP) is 4.33. The van der Waals surface area contributed by atoms with Gasteiger partial charge in [0.1, 0.15) is 5.82 Å². The summed E-state index contributed by atoms with van der Waals surface area (Å²) in [7, 11) is 0. The van der Waals surface area contributed by atoms with E-state index >= 15 is 0 Å². The number of hydrogen-bond donors (Lipinski definition) is 0. The van der Waals surface area contributed by atoms with Gasteiger partial charge in [-0.25, -0.2) is 4.39 Å². The number of carbonyl (C=O) groups excluding carboxylic acids is 1. The lowest BCUT2D eigenvalue weighted by atomic mass is 9.97. The van der Waals surface area contributed by atoms with Gasteiger partial charge in [0.2, 0.25) is 0 Å². The Hall–Kier alpha value is -1.67. The molecule has 3 heteroatoms. The summed E-state index contributed by atoms with van der Waals surface area (Å²) in [5, 5.41) is 0.0208. The molecule has 0 fully saturated rings. The molecule has 0 saturated heterocycles. The van der Waals surface area contributed by atoms with Crippen molar-refractivity contribution in [3.8, 4) is 0 Å². The molecule has 0 radical (unpaired) electrons. The number of hydrogen-bond acceptors (Lipinski definition) is 1. The maximum atomic E-state index is 13.4. The van der Waals surface area contributed by atoms with Crippen LogP contribution >= 0.6 is 11.6 Å². The molecule has 0 aromatic heterocycles. The molecule has 0 atom stereocenters. The Labute approximate surface area is 110 Å². The first-order chi connectivity index (χ1) is 8.49. The van der Waals surface area contributed by atoms with Crippen LogP contribution in [0.1, 0.15) is 27.0 Å². The third kappa shape index (κ3) is 2.44. The van der Waals surface area contributed by atoms with Crippen LogP contribution in [0.5, 0.6) is 0 Å². The molecule has 92 valence electrons. The SMILES string of the molecule is Cc1ccc(C)c(C(=O)c2ccc(Cl)c(F)c2)c1. The fraction of sp³-hybridized carbons (Fsp3) is 0.133. The molecule has 1 nitrogen and oxygen atoms in total. The molecule has 2 aromatic rings. The van der Waals surface area contributed by atoms with Crippen LogP contribution in [0.4, 0.5) is 4.39 Å². The molecule has 0 amide bonds. The van der Waals surface area contributed by atoms with Gasteiger partial charge in [0.15, 0.2) is 5.78 Å². The summed E-state index contributed by atoms with van der Waals surface area (Å²) in [6, 6.07) is 9.74. The Bertz CT molecular complexity index is 620. The van der Waals surface area contributed by atoms with Crippen molar-refractivity contribution in [1.82, 2.24) is 0 Å². The number of benzene rings is 2. The Morgan fingerprint density at radius 1 is 1.11 bits per heavy atom. The highest BCUT2D eigenvalue weighted by molar-refractivity contribution is 6.30. The van der Waals surface area contributed by atoms with E-state index in [1.54, 1.807) is 0 Å². The molecule has 0 aliphatic heterocycles. The average Bonchev–Trinajstić information content (AvgIpc) is 2.35. The third-order valence-electron chi connectivity index (χ3n) is 2.82. The molecule has 18 heavy (non-hydrogen) atoms. The largest absolute Gasteiger partial charge is 0.289 e. The zero-order valence-electron chi connectivity index (χ0n) is 10.1. The van der Waals surface area contributed by atoms with Gasteiger partial charge in [-0.1, -0.05) is 29.3 Å². The lowest BCUT2D eigenvalue weighted by Crippen LogP contribution is -2.04. The molecular formula is C15H12ClFO. The summed E-state index contributed by atoms with van der Waals surface area (Å²) < 4.78 is 13.4. The quantitative estimate of drug-likeness (QED) is 0.737. The molecule has 2 aromatic carbocycles. The second-order valence-electron chi connectivity index (χ2n) is 4.28. The molecule has 0 unspecified atom stereocenters. The van der Waals surface area contributed by atoms with Crippen molar-refractivity contribution in [3.05, 3.63) is 69.5 Å². The highest BCUT2D eigenvalue weighted by Gasteiger charge is 2.13. The van der Waals surface area contributed by atoms with Crippen LogP contribution in [-0.4, -0.2) is 5.78 Å². The summed E-state index contributed by atoms with van der Waals surface area (Å²) in [5.41, 5.74) is 2.78. The van der Waals surface area contributed by atoms with Gasteiger partial charge in [0.05, 0.1) is 5.02 Å². The molecule has 0 aliphatic carbocycles. The fourth-order valence-corrected chi connectivity index (χ4v) is 1.89. The molecule has 0 heterocycles. The molecule has 0 bridgehead atoms. The van der Waals surface area contributed by atoms with E-state index in [-0.39, 0.29) is 10.8 Å². The van der Waals surface area contributed by atoms with Gasteiger partial charge >= 0.3 is 0 Å². The van der Waals surface area contributed by atoms with Gasteiger partial charge in [-0.2, -0.15) is 0 Å². The molecule has 0 aliphatic rings. The van der Waals surface area contributed by atoms with Crippen molar-refractivity contribution in [2.45, 2.75) is 13.8 Å². The summed E-state index contributed by atoms with van der Waals surface area (Å²) >= 11 is 5.60. The first-order valence-corrected chi connectivity index (χ1v) is 5.94. The monoisotopic (exact) mass is 262 g/mol. The molecule has 0 spiro atoms. The second kappa shape index (κ2) is 4.91. The highest BCUT2D eigenvalue weighted by Crippen LogP contribution is 2.20. The zero-order valence-corrected chi connectivity index (χ0v) is 10.9. The number of rotatable bonds is 2. The lowest BCUT2D eigenvalue weighted by molar-refractivity contribution is 0.103. The van der Waals surface area contributed by atoms with Gasteiger partial charge in [-0.05, 0) is 43.7 Å². The van der Waals surface area contributed by atoms with Crippen LogP contribution in [0.2, 0.25) is 5.02 Å². The minimum atomic E-state index is -0.576. The van der Waals surface area contributed by atoms with Gasteiger partial charge in [0.25, 0.3) is 0 Å². The Kier molecular flexibility index (Phi) is 3.48. The summed E-state index contributed by atoms with van der Waals surface area (Å²) in [5.74, 6) is -0.764. The van der Waals surface area contributed by atoms with Crippen molar-refractivity contribution >= 4 is 17.4 Å². The summed E-state index contributed by atoms with van der Waals surface area (Å²) in [6.07, 6.45) is 0. The standard InChI is InChI=1S/C15H12ClFO/c1-9-3-4-10(2)12(7-9)15(18)11-5-6-13(16)14(17)8-11/h3-8H,1-2H3. The van der Waals surface area contributed by atoms with Crippen LogP contribution in [0.15, 0.2) is 36.4 Å². The molecule has 0 N–H and O–H groups in total. The smallest absolute Gasteiger partial charge is 0.193 e. The van der Waals surface area contributed by atoms with Crippen LogP contribution in [0.3, 0.4) is 0 Å². The summed E-state index contributed by atoms with van der Waals surface area (Å²) in [6.45, 7) is 3.78. The van der Waals surface area contributed by atoms with E-state index in [1.165, 1.54) is 18.2 Å². The van der Waals surface area contributed by atoms with E-state index in [4.69, 9.17) is 11.6 Å². The summed E-state index contributed by atoms with van der Waals surface area (Å²) in [4.78, 5) is 12.3. The Balaban J connectivity index is 2.47. The van der Waals surface area contributed by atoms with Gasteiger partial charge in [-0.15, -0.1) is 0 Å². The average molecular weight is 263 g/mol. The van der Waals surface area contributed by atoms with Gasteiger partial charge < -0.3 is 0 Å². The van der Waals surface area contributed by atoms with Gasteiger partial charge in [-0.3, -0.25) is 4.79 Å². The fourth-order valence-electron chi connectivity index (χ4n) is 1.77. The predicted molar refractivity (Wildman–Crippen MR) is 70.8 cm³/mol. The topological polar surface area (TPSA) is 17.1 Å². The van der Waals surface area contributed by atoms with Crippen LogP contribution in [0, 0.1) is 19.7 Å². The third-order valence-corrected chi connectivity index (χ3v) is 3.13. The van der Waals surface area contributed by atoms with Crippen LogP contribution in [0.25, 0.3) is 0 Å². The van der Waals surface area contributed by atoms with E-state index in [1.807, 2.05) is 32.0 Å². The van der Waals surface area contributed by atoms with Crippen molar-refractivity contribution < 1.29 is 9.18 Å². The first kappa shape index (κ1) is 12.8. The molecule has 2 rings (SSSR count). The minimum Gasteiger partial charge on any atom is -0.289 e. The maximum absolute atomic E-state index is 13.4. The maximum Gasteiger partial charge on any atom is 0.193 e. The Morgan fingerprint density at radius 2 is 1.83 bits per heavy atom. The molecular weight excluding hydrogens is 251 g/mol. The number of aryl methyl sites for hydroxylation is 2. The van der Waals surface area contributed by atoms with E-state index < -0.39 is 5.82 Å². The number of halogens is 2. The van der Waals surface area contributed by atoms with Crippen LogP contribution in [-0.2, 0) is 0 Å². The van der Waals surface area contributed by atoms with E-state index in [0.717, 1.165) is 11.1 Å². The van der Waals surface area contributed by atoms with E-state index in [0.29, 0.717) is 11.1 Å². The van der Waals surface area contributed by atoms with Crippen molar-refractivity contribution in [2.24, 2.45) is 0 Å². The lowest BCUT2D eigenvalue weighted by Gasteiger charge is -2.07. The van der Waals surface area contributed by atoms with Crippen molar-refractivity contribution in [3.63, 3.8) is 0 Å². The van der Waals surface area contributed by atoms with E-state index in [9.17, 15) is 9.18 Å². The Morgan fingerprint density at radius 3 is 2.50 bits per heavy atom. The van der Waals surface area contributed by atoms with Gasteiger partial charge in [0, 0.05) is 11.1 Å². The zero-order chi connectivity index (χ0) is 13.3. The number of ketones is 1. The first-order valence-electron chi connectivity index (χ1n) is 5.56.